The highest BCUT2D eigenvalue weighted by Crippen LogP contribution is 2.16. The van der Waals surface area contributed by atoms with Gasteiger partial charge < -0.3 is 5.32 Å². The molecule has 5 heteroatoms. The average Bonchev–Trinajstić information content (AvgIpc) is 3.09. The Morgan fingerprint density at radius 2 is 2.08 bits per heavy atom. The van der Waals surface area contributed by atoms with E-state index in [4.69, 9.17) is 0 Å². The maximum absolute atomic E-state index is 12.5. The number of benzene rings is 2. The van der Waals surface area contributed by atoms with Crippen molar-refractivity contribution in [3.05, 3.63) is 75.3 Å². The van der Waals surface area contributed by atoms with Crippen LogP contribution >= 0.6 is 0 Å². The third-order valence-corrected chi connectivity index (χ3v) is 4.78. The molecule has 5 nitrogen and oxygen atoms in total. The topological polar surface area (TPSA) is 64.0 Å². The summed E-state index contributed by atoms with van der Waals surface area (Å²) in [7, 11) is 0. The molecule has 1 N–H and O–H groups in total. The molecule has 0 bridgehead atoms. The van der Waals surface area contributed by atoms with E-state index in [0.29, 0.717) is 23.0 Å². The number of nitrogens with one attached hydrogen (secondary N) is 1. The predicted octanol–water partition coefficient (Wildman–Crippen LogP) is 2.58. The fourth-order valence-corrected chi connectivity index (χ4v) is 3.31. The van der Waals surface area contributed by atoms with Gasteiger partial charge in [-0.2, -0.15) is 0 Å². The van der Waals surface area contributed by atoms with Crippen molar-refractivity contribution in [2.75, 3.05) is 0 Å². The molecule has 0 radical (unpaired) electrons. The number of fused-ring (bicyclic) bond motifs is 2. The SMILES string of the molecule is Cc1ccccc1CNC(=O)c1ccc2c(=O)n3c(nc2c1)CCC3. The van der Waals surface area contributed by atoms with Gasteiger partial charge in [0.1, 0.15) is 5.82 Å². The summed E-state index contributed by atoms with van der Waals surface area (Å²) < 4.78 is 1.74. The Balaban J connectivity index is 1.61. The van der Waals surface area contributed by atoms with Crippen LogP contribution in [0, 0.1) is 6.92 Å². The van der Waals surface area contributed by atoms with E-state index in [9.17, 15) is 9.59 Å². The smallest absolute Gasteiger partial charge is 0.261 e. The highest BCUT2D eigenvalue weighted by molar-refractivity contribution is 5.97. The standard InChI is InChI=1S/C20H19N3O2/c1-13-5-2-3-6-15(13)12-21-19(24)14-8-9-16-17(11-14)22-18-7-4-10-23(18)20(16)25/h2-3,5-6,8-9,11H,4,7,10,12H2,1H3,(H,21,24). The zero-order valence-electron chi connectivity index (χ0n) is 14.1. The zero-order chi connectivity index (χ0) is 17.4. The normalized spacial score (nSPS) is 13.0. The van der Waals surface area contributed by atoms with Crippen LogP contribution in [-0.4, -0.2) is 15.5 Å². The van der Waals surface area contributed by atoms with Crippen LogP contribution in [-0.2, 0) is 19.5 Å². The second-order valence-electron chi connectivity index (χ2n) is 6.43. The van der Waals surface area contributed by atoms with Crippen molar-refractivity contribution in [1.29, 1.82) is 0 Å². The minimum Gasteiger partial charge on any atom is -0.348 e. The molecule has 2 aromatic carbocycles. The summed E-state index contributed by atoms with van der Waals surface area (Å²) in [4.78, 5) is 29.5. The van der Waals surface area contributed by atoms with Gasteiger partial charge in [-0.1, -0.05) is 24.3 Å². The molecule has 126 valence electrons. The largest absolute Gasteiger partial charge is 0.348 e. The Morgan fingerprint density at radius 1 is 1.24 bits per heavy atom. The number of amides is 1. The average molecular weight is 333 g/mol. The molecule has 0 spiro atoms. The molecule has 1 aromatic heterocycles. The first-order chi connectivity index (χ1) is 12.1. The molecule has 0 unspecified atom stereocenters. The molecular weight excluding hydrogens is 314 g/mol. The molecule has 4 rings (SSSR count). The van der Waals surface area contributed by atoms with Crippen LogP contribution in [0.3, 0.4) is 0 Å². The van der Waals surface area contributed by atoms with Gasteiger partial charge in [-0.05, 0) is 42.7 Å². The number of rotatable bonds is 3. The Kier molecular flexibility index (Phi) is 3.84. The maximum Gasteiger partial charge on any atom is 0.261 e. The molecule has 1 amide bonds. The summed E-state index contributed by atoms with van der Waals surface area (Å²) in [5.41, 5.74) is 3.35. The first kappa shape index (κ1) is 15.6. The molecule has 3 aromatic rings. The van der Waals surface area contributed by atoms with E-state index >= 15 is 0 Å². The quantitative estimate of drug-likeness (QED) is 0.801. The highest BCUT2D eigenvalue weighted by Gasteiger charge is 2.17. The summed E-state index contributed by atoms with van der Waals surface area (Å²) >= 11 is 0. The molecule has 25 heavy (non-hydrogen) atoms. The van der Waals surface area contributed by atoms with Crippen molar-refractivity contribution in [1.82, 2.24) is 14.9 Å². The number of aryl methyl sites for hydroxylation is 2. The van der Waals surface area contributed by atoms with E-state index in [1.807, 2.05) is 31.2 Å². The second kappa shape index (κ2) is 6.16. The third-order valence-electron chi connectivity index (χ3n) is 4.78. The lowest BCUT2D eigenvalue weighted by atomic mass is 10.1. The Labute approximate surface area is 145 Å². The summed E-state index contributed by atoms with van der Waals surface area (Å²) in [6, 6.07) is 13.1. The summed E-state index contributed by atoms with van der Waals surface area (Å²) in [5, 5.41) is 3.51. The van der Waals surface area contributed by atoms with Gasteiger partial charge in [0.25, 0.3) is 11.5 Å². The lowest BCUT2D eigenvalue weighted by Gasteiger charge is -2.09. The van der Waals surface area contributed by atoms with E-state index in [2.05, 4.69) is 10.3 Å². The van der Waals surface area contributed by atoms with E-state index in [0.717, 1.165) is 36.3 Å². The van der Waals surface area contributed by atoms with E-state index < -0.39 is 0 Å². The molecule has 0 saturated heterocycles. The molecule has 0 fully saturated rings. The Morgan fingerprint density at radius 3 is 2.92 bits per heavy atom. The number of aromatic nitrogens is 2. The number of nitrogens with zero attached hydrogens (tertiary/aromatic N) is 2. The van der Waals surface area contributed by atoms with Crippen LogP contribution < -0.4 is 10.9 Å². The van der Waals surface area contributed by atoms with Crippen molar-refractivity contribution >= 4 is 16.8 Å². The first-order valence-electron chi connectivity index (χ1n) is 8.49. The van der Waals surface area contributed by atoms with Gasteiger partial charge in [-0.15, -0.1) is 0 Å². The number of hydrogen-bond acceptors (Lipinski definition) is 3. The highest BCUT2D eigenvalue weighted by atomic mass is 16.1. The van der Waals surface area contributed by atoms with Gasteiger partial charge in [-0.3, -0.25) is 14.2 Å². The van der Waals surface area contributed by atoms with Crippen molar-refractivity contribution < 1.29 is 4.79 Å². The van der Waals surface area contributed by atoms with Crippen molar-refractivity contribution in [2.24, 2.45) is 0 Å². The van der Waals surface area contributed by atoms with Crippen molar-refractivity contribution in [3.63, 3.8) is 0 Å². The van der Waals surface area contributed by atoms with Gasteiger partial charge in [0.05, 0.1) is 10.9 Å². The van der Waals surface area contributed by atoms with E-state index in [1.165, 1.54) is 0 Å². The second-order valence-corrected chi connectivity index (χ2v) is 6.43. The van der Waals surface area contributed by atoms with Crippen molar-refractivity contribution in [2.45, 2.75) is 32.9 Å². The minimum atomic E-state index is -0.160. The van der Waals surface area contributed by atoms with E-state index in [-0.39, 0.29) is 11.5 Å². The summed E-state index contributed by atoms with van der Waals surface area (Å²) in [6.45, 7) is 3.23. The van der Waals surface area contributed by atoms with Crippen LogP contribution in [0.25, 0.3) is 10.9 Å². The van der Waals surface area contributed by atoms with Crippen molar-refractivity contribution in [3.8, 4) is 0 Å². The molecule has 0 saturated carbocycles. The minimum absolute atomic E-state index is 0.00984. The van der Waals surface area contributed by atoms with Crippen LogP contribution in [0.5, 0.6) is 0 Å². The fraction of sp³-hybridized carbons (Fsp3) is 0.250. The number of hydrogen-bond donors (Lipinski definition) is 1. The van der Waals surface area contributed by atoms with Gasteiger partial charge in [0.2, 0.25) is 0 Å². The summed E-state index contributed by atoms with van der Waals surface area (Å²) in [6.07, 6.45) is 1.76. The van der Waals surface area contributed by atoms with Crippen LogP contribution in [0.2, 0.25) is 0 Å². The monoisotopic (exact) mass is 333 g/mol. The van der Waals surface area contributed by atoms with E-state index in [1.54, 1.807) is 22.8 Å². The third kappa shape index (κ3) is 2.82. The zero-order valence-corrected chi connectivity index (χ0v) is 14.1. The van der Waals surface area contributed by atoms with Crippen LogP contribution in [0.1, 0.15) is 33.7 Å². The molecule has 1 aliphatic heterocycles. The summed E-state index contributed by atoms with van der Waals surface area (Å²) in [5.74, 6) is 0.655. The maximum atomic E-state index is 12.5. The molecule has 2 heterocycles. The molecule has 0 aliphatic carbocycles. The van der Waals surface area contributed by atoms with Gasteiger partial charge in [0, 0.05) is 25.1 Å². The molecule has 0 atom stereocenters. The lowest BCUT2D eigenvalue weighted by Crippen LogP contribution is -2.24. The fourth-order valence-electron chi connectivity index (χ4n) is 3.31. The predicted molar refractivity (Wildman–Crippen MR) is 96.7 cm³/mol. The van der Waals surface area contributed by atoms with Gasteiger partial charge in [0.15, 0.2) is 0 Å². The van der Waals surface area contributed by atoms with Gasteiger partial charge in [-0.25, -0.2) is 4.98 Å². The van der Waals surface area contributed by atoms with Gasteiger partial charge >= 0.3 is 0 Å². The molecular formula is C20H19N3O2. The number of carbonyl (C=O) groups excluding carboxylic acids is 1. The number of carbonyl (C=O) groups is 1. The Bertz CT molecular complexity index is 1040. The van der Waals surface area contributed by atoms with Crippen LogP contribution in [0.4, 0.5) is 0 Å². The lowest BCUT2D eigenvalue weighted by molar-refractivity contribution is 0.0951. The first-order valence-corrected chi connectivity index (χ1v) is 8.49. The Hall–Kier alpha value is -2.95. The van der Waals surface area contributed by atoms with Crippen LogP contribution in [0.15, 0.2) is 47.3 Å². The molecule has 1 aliphatic rings.